The van der Waals surface area contributed by atoms with Crippen LogP contribution < -0.4 is 0 Å². The topological polar surface area (TPSA) is 0 Å². The van der Waals surface area contributed by atoms with Gasteiger partial charge in [-0.1, -0.05) is 121 Å². The Morgan fingerprint density at radius 1 is 0.568 bits per heavy atom. The third kappa shape index (κ3) is 4.43. The first-order chi connectivity index (χ1) is 17.8. The zero-order valence-electron chi connectivity index (χ0n) is 20.6. The number of halogens is 3. The lowest BCUT2D eigenvalue weighted by atomic mass is 9.78. The summed E-state index contributed by atoms with van der Waals surface area (Å²) in [5.74, 6) is 0.197. The fourth-order valence-electron chi connectivity index (χ4n) is 5.71. The SMILES string of the molecule is CC1(C)c2cc(-c3cc(Br)c(I)cc3Br)ccc2-c2ccc(C(c3ccccc3)c3ccccc3)cc21. The molecule has 0 aliphatic heterocycles. The molecule has 1 aliphatic rings. The summed E-state index contributed by atoms with van der Waals surface area (Å²) in [7, 11) is 0. The van der Waals surface area contributed by atoms with E-state index in [1.807, 2.05) is 0 Å². The fraction of sp³-hybridized carbons (Fsp3) is 0.118. The van der Waals surface area contributed by atoms with Gasteiger partial charge in [0.1, 0.15) is 0 Å². The molecule has 0 N–H and O–H groups in total. The summed E-state index contributed by atoms with van der Waals surface area (Å²) in [6.45, 7) is 4.73. The van der Waals surface area contributed by atoms with Crippen molar-refractivity contribution in [3.8, 4) is 22.3 Å². The molecule has 0 aromatic heterocycles. The van der Waals surface area contributed by atoms with Gasteiger partial charge in [-0.05, 0) is 107 Å². The Bertz CT molecular complexity index is 1580. The molecule has 182 valence electrons. The number of rotatable bonds is 4. The van der Waals surface area contributed by atoms with E-state index in [0.717, 1.165) is 8.95 Å². The molecule has 0 bridgehead atoms. The molecular formula is C34H25Br2I. The molecule has 5 aromatic rings. The Hall–Kier alpha value is -2.21. The lowest BCUT2D eigenvalue weighted by Crippen LogP contribution is -2.16. The fourth-order valence-corrected chi connectivity index (χ4v) is 7.53. The molecule has 0 unspecified atom stereocenters. The van der Waals surface area contributed by atoms with Gasteiger partial charge < -0.3 is 0 Å². The molecule has 0 spiro atoms. The first kappa shape index (κ1) is 25.1. The van der Waals surface area contributed by atoms with Crippen LogP contribution in [0.15, 0.2) is 118 Å². The summed E-state index contributed by atoms with van der Waals surface area (Å²) in [4.78, 5) is 0. The molecule has 6 rings (SSSR count). The Kier molecular flexibility index (Phi) is 6.67. The molecule has 0 saturated heterocycles. The summed E-state index contributed by atoms with van der Waals surface area (Å²) in [6, 6.07) is 40.2. The summed E-state index contributed by atoms with van der Waals surface area (Å²) in [6.07, 6.45) is 0. The van der Waals surface area contributed by atoms with Crippen molar-refractivity contribution >= 4 is 54.5 Å². The minimum absolute atomic E-state index is 0.0957. The van der Waals surface area contributed by atoms with Gasteiger partial charge in [-0.25, -0.2) is 0 Å². The highest BCUT2D eigenvalue weighted by Crippen LogP contribution is 2.51. The normalized spacial score (nSPS) is 13.5. The summed E-state index contributed by atoms with van der Waals surface area (Å²) < 4.78 is 3.43. The lowest BCUT2D eigenvalue weighted by Gasteiger charge is -2.25. The molecule has 5 aromatic carbocycles. The van der Waals surface area contributed by atoms with Crippen LogP contribution in [0.5, 0.6) is 0 Å². The van der Waals surface area contributed by atoms with E-state index in [4.69, 9.17) is 0 Å². The first-order valence-electron chi connectivity index (χ1n) is 12.4. The van der Waals surface area contributed by atoms with Crippen LogP contribution in [-0.2, 0) is 5.41 Å². The van der Waals surface area contributed by atoms with Crippen LogP contribution in [0.3, 0.4) is 0 Å². The van der Waals surface area contributed by atoms with Gasteiger partial charge in [-0.2, -0.15) is 0 Å². The zero-order valence-corrected chi connectivity index (χ0v) is 25.9. The van der Waals surface area contributed by atoms with E-state index in [-0.39, 0.29) is 11.3 Å². The van der Waals surface area contributed by atoms with Crippen molar-refractivity contribution < 1.29 is 0 Å². The maximum Gasteiger partial charge on any atom is 0.0340 e. The van der Waals surface area contributed by atoms with Gasteiger partial charge in [0, 0.05) is 23.8 Å². The molecule has 1 aliphatic carbocycles. The average molecular weight is 720 g/mol. The maximum absolute atomic E-state index is 3.80. The van der Waals surface area contributed by atoms with E-state index < -0.39 is 0 Å². The molecule has 0 fully saturated rings. The second kappa shape index (κ2) is 9.83. The Labute approximate surface area is 249 Å². The summed E-state index contributed by atoms with van der Waals surface area (Å²) >= 11 is 9.88. The summed E-state index contributed by atoms with van der Waals surface area (Å²) in [5, 5.41) is 0. The zero-order chi connectivity index (χ0) is 25.7. The van der Waals surface area contributed by atoms with E-state index in [1.165, 1.54) is 53.6 Å². The molecule has 0 atom stereocenters. The predicted octanol–water partition coefficient (Wildman–Crippen LogP) is 11.0. The highest BCUT2D eigenvalue weighted by molar-refractivity contribution is 14.1. The standard InChI is InChI=1S/C34H25Br2I/c1-34(2)28-17-23(27-19-31(36)32(37)20-30(27)35)13-15-25(28)26-16-14-24(18-29(26)34)33(21-9-5-3-6-10-21)22-11-7-4-8-12-22/h3-20,33H,1-2H3. The Morgan fingerprint density at radius 3 is 1.76 bits per heavy atom. The van der Waals surface area contributed by atoms with E-state index in [2.05, 4.69) is 177 Å². The molecular weight excluding hydrogens is 695 g/mol. The average Bonchev–Trinajstić information content (AvgIpc) is 3.13. The van der Waals surface area contributed by atoms with E-state index in [1.54, 1.807) is 0 Å². The van der Waals surface area contributed by atoms with Crippen LogP contribution in [0.4, 0.5) is 0 Å². The van der Waals surface area contributed by atoms with Crippen molar-refractivity contribution in [3.05, 3.63) is 150 Å². The van der Waals surface area contributed by atoms with Crippen LogP contribution in [-0.4, -0.2) is 0 Å². The Morgan fingerprint density at radius 2 is 1.14 bits per heavy atom. The minimum atomic E-state index is -0.0957. The largest absolute Gasteiger partial charge is 0.0622 e. The third-order valence-electron chi connectivity index (χ3n) is 7.62. The van der Waals surface area contributed by atoms with Crippen molar-refractivity contribution in [1.82, 2.24) is 0 Å². The number of hydrogen-bond acceptors (Lipinski definition) is 0. The quantitative estimate of drug-likeness (QED) is 0.0985. The molecule has 0 nitrogen and oxygen atoms in total. The van der Waals surface area contributed by atoms with Gasteiger partial charge in [-0.15, -0.1) is 0 Å². The van der Waals surface area contributed by atoms with Gasteiger partial charge in [0.25, 0.3) is 0 Å². The van der Waals surface area contributed by atoms with Crippen LogP contribution in [0, 0.1) is 3.57 Å². The second-order valence-electron chi connectivity index (χ2n) is 10.2. The van der Waals surface area contributed by atoms with Crippen molar-refractivity contribution in [1.29, 1.82) is 0 Å². The molecule has 37 heavy (non-hydrogen) atoms. The van der Waals surface area contributed by atoms with Crippen molar-refractivity contribution in [3.63, 3.8) is 0 Å². The van der Waals surface area contributed by atoms with Gasteiger partial charge in [0.2, 0.25) is 0 Å². The smallest absolute Gasteiger partial charge is 0.0340 e. The Balaban J connectivity index is 1.47. The van der Waals surface area contributed by atoms with Crippen molar-refractivity contribution in [2.24, 2.45) is 0 Å². The highest BCUT2D eigenvalue weighted by atomic mass is 127. The monoisotopic (exact) mass is 718 g/mol. The minimum Gasteiger partial charge on any atom is -0.0622 e. The van der Waals surface area contributed by atoms with E-state index in [0.29, 0.717) is 0 Å². The van der Waals surface area contributed by atoms with Gasteiger partial charge in [0.05, 0.1) is 0 Å². The van der Waals surface area contributed by atoms with Crippen LogP contribution in [0.2, 0.25) is 0 Å². The van der Waals surface area contributed by atoms with Crippen molar-refractivity contribution in [2.75, 3.05) is 0 Å². The van der Waals surface area contributed by atoms with Gasteiger partial charge in [-0.3, -0.25) is 0 Å². The predicted molar refractivity (Wildman–Crippen MR) is 171 cm³/mol. The van der Waals surface area contributed by atoms with Crippen LogP contribution in [0.25, 0.3) is 22.3 Å². The van der Waals surface area contributed by atoms with E-state index >= 15 is 0 Å². The molecule has 0 saturated carbocycles. The second-order valence-corrected chi connectivity index (χ2v) is 13.1. The van der Waals surface area contributed by atoms with Gasteiger partial charge >= 0.3 is 0 Å². The van der Waals surface area contributed by atoms with E-state index in [9.17, 15) is 0 Å². The number of benzene rings is 5. The molecule has 0 radical (unpaired) electrons. The number of fused-ring (bicyclic) bond motifs is 3. The summed E-state index contributed by atoms with van der Waals surface area (Å²) in [5.41, 5.74) is 11.8. The van der Waals surface area contributed by atoms with Gasteiger partial charge in [0.15, 0.2) is 0 Å². The maximum atomic E-state index is 3.80. The van der Waals surface area contributed by atoms with Crippen LogP contribution >= 0.6 is 54.5 Å². The third-order valence-corrected chi connectivity index (χ3v) is 10.6. The first-order valence-corrected chi connectivity index (χ1v) is 15.0. The lowest BCUT2D eigenvalue weighted by molar-refractivity contribution is 0.659. The molecule has 3 heteroatoms. The van der Waals surface area contributed by atoms with Crippen LogP contribution in [0.1, 0.15) is 47.6 Å². The highest BCUT2D eigenvalue weighted by Gasteiger charge is 2.36. The molecule has 0 amide bonds. The molecule has 0 heterocycles. The number of hydrogen-bond donors (Lipinski definition) is 0. The van der Waals surface area contributed by atoms with Crippen molar-refractivity contribution in [2.45, 2.75) is 25.2 Å².